The Kier molecular flexibility index (Phi) is 5.38. The number of carbonyl (C=O) groups excluding carboxylic acids is 1. The van der Waals surface area contributed by atoms with Crippen molar-refractivity contribution in [1.82, 2.24) is 0 Å². The van der Waals surface area contributed by atoms with E-state index in [2.05, 4.69) is 0 Å². The van der Waals surface area contributed by atoms with E-state index < -0.39 is 36.3 Å². The molecule has 3 rings (SSSR count). The average molecular weight is 370 g/mol. The number of rotatable bonds is 4. The lowest BCUT2D eigenvalue weighted by atomic mass is 9.81. The van der Waals surface area contributed by atoms with Crippen molar-refractivity contribution in [2.45, 2.75) is 58.0 Å². The highest BCUT2D eigenvalue weighted by Gasteiger charge is 2.48. The molecule has 1 aliphatic rings. The third-order valence-electron chi connectivity index (χ3n) is 5.61. The molecule has 2 aromatic rings. The zero-order valence-corrected chi connectivity index (χ0v) is 16.0. The van der Waals surface area contributed by atoms with Crippen LogP contribution in [0.15, 0.2) is 36.4 Å². The van der Waals surface area contributed by atoms with Crippen LogP contribution in [0.2, 0.25) is 0 Å². The van der Waals surface area contributed by atoms with E-state index in [9.17, 15) is 20.1 Å². The average Bonchev–Trinajstić information content (AvgIpc) is 2.88. The number of hydrogen-bond donors (Lipinski definition) is 3. The van der Waals surface area contributed by atoms with Gasteiger partial charge >= 0.3 is 5.97 Å². The van der Waals surface area contributed by atoms with Gasteiger partial charge in [-0.05, 0) is 61.1 Å². The van der Waals surface area contributed by atoms with Gasteiger partial charge in [-0.3, -0.25) is 0 Å². The standard InChI is InChI=1S/C22H26O5/c1-11-5-7-15(9-13(11)3)17(16-8-6-12(2)14(4)10-16)18(23)21-19(24)20(25)22(26)27-21/h5-10,17-21,23-25H,1-4H3/t18-,19+,20-,21-/m0/s1. The van der Waals surface area contributed by atoms with Crippen molar-refractivity contribution < 1.29 is 24.9 Å². The molecule has 0 amide bonds. The Morgan fingerprint density at radius 3 is 1.70 bits per heavy atom. The molecule has 1 saturated heterocycles. The van der Waals surface area contributed by atoms with E-state index in [1.165, 1.54) is 0 Å². The zero-order valence-electron chi connectivity index (χ0n) is 16.0. The van der Waals surface area contributed by atoms with E-state index in [0.717, 1.165) is 33.4 Å². The number of benzene rings is 2. The predicted molar refractivity (Wildman–Crippen MR) is 102 cm³/mol. The molecular weight excluding hydrogens is 344 g/mol. The summed E-state index contributed by atoms with van der Waals surface area (Å²) in [4.78, 5) is 11.6. The van der Waals surface area contributed by atoms with Crippen molar-refractivity contribution in [3.8, 4) is 0 Å². The van der Waals surface area contributed by atoms with Crippen LogP contribution in [0.3, 0.4) is 0 Å². The lowest BCUT2D eigenvalue weighted by Crippen LogP contribution is -2.42. The second-order valence-electron chi connectivity index (χ2n) is 7.49. The van der Waals surface area contributed by atoms with Crippen LogP contribution >= 0.6 is 0 Å². The number of aliphatic hydroxyl groups excluding tert-OH is 3. The highest BCUT2D eigenvalue weighted by Crippen LogP contribution is 2.35. The molecular formula is C22H26O5. The monoisotopic (exact) mass is 370 g/mol. The first-order valence-electron chi connectivity index (χ1n) is 9.09. The molecule has 0 unspecified atom stereocenters. The van der Waals surface area contributed by atoms with Crippen molar-refractivity contribution in [1.29, 1.82) is 0 Å². The largest absolute Gasteiger partial charge is 0.455 e. The van der Waals surface area contributed by atoms with E-state index in [4.69, 9.17) is 4.74 Å². The van der Waals surface area contributed by atoms with Gasteiger partial charge in [-0.1, -0.05) is 36.4 Å². The Morgan fingerprint density at radius 2 is 1.33 bits per heavy atom. The molecule has 0 saturated carbocycles. The third kappa shape index (κ3) is 3.63. The first-order chi connectivity index (χ1) is 12.7. The maximum atomic E-state index is 11.6. The van der Waals surface area contributed by atoms with Gasteiger partial charge in [0.25, 0.3) is 0 Å². The van der Waals surface area contributed by atoms with Crippen molar-refractivity contribution in [3.05, 3.63) is 69.8 Å². The van der Waals surface area contributed by atoms with Crippen LogP contribution in [-0.2, 0) is 9.53 Å². The Balaban J connectivity index is 2.07. The summed E-state index contributed by atoms with van der Waals surface area (Å²) in [6, 6.07) is 11.8. The smallest absolute Gasteiger partial charge is 0.338 e. The fraction of sp³-hybridized carbons (Fsp3) is 0.409. The normalized spacial score (nSPS) is 23.6. The van der Waals surface area contributed by atoms with Gasteiger partial charge in [0.05, 0.1) is 0 Å². The van der Waals surface area contributed by atoms with Gasteiger partial charge in [0.1, 0.15) is 12.2 Å². The van der Waals surface area contributed by atoms with Gasteiger partial charge in [0.2, 0.25) is 0 Å². The summed E-state index contributed by atoms with van der Waals surface area (Å²) < 4.78 is 5.09. The van der Waals surface area contributed by atoms with Gasteiger partial charge in [-0.25, -0.2) is 4.79 Å². The van der Waals surface area contributed by atoms with Crippen molar-refractivity contribution in [3.63, 3.8) is 0 Å². The predicted octanol–water partition coefficient (Wildman–Crippen LogP) is 2.06. The number of carbonyl (C=O) groups is 1. The van der Waals surface area contributed by atoms with Crippen LogP contribution < -0.4 is 0 Å². The SMILES string of the molecule is Cc1ccc(C(c2ccc(C)c(C)c2)[C@H](O)[C@@H]2OC(=O)[C@@H](O)[C@H]2O)cc1C. The van der Waals surface area contributed by atoms with E-state index in [1.807, 2.05) is 64.1 Å². The second kappa shape index (κ2) is 7.43. The summed E-state index contributed by atoms with van der Waals surface area (Å²) in [5.74, 6) is -1.42. The van der Waals surface area contributed by atoms with Crippen molar-refractivity contribution in [2.75, 3.05) is 0 Å². The molecule has 0 aromatic heterocycles. The third-order valence-corrected chi connectivity index (χ3v) is 5.61. The molecule has 0 aliphatic carbocycles. The van der Waals surface area contributed by atoms with Crippen LogP contribution in [0.4, 0.5) is 0 Å². The molecule has 5 heteroatoms. The summed E-state index contributed by atoms with van der Waals surface area (Å²) in [6.07, 6.45) is -5.50. The molecule has 27 heavy (non-hydrogen) atoms. The van der Waals surface area contributed by atoms with Crippen LogP contribution in [0, 0.1) is 27.7 Å². The Morgan fingerprint density at radius 1 is 0.852 bits per heavy atom. The Hall–Kier alpha value is -2.21. The van der Waals surface area contributed by atoms with Gasteiger partial charge in [0, 0.05) is 5.92 Å². The number of aryl methyl sites for hydroxylation is 4. The van der Waals surface area contributed by atoms with E-state index in [1.54, 1.807) is 0 Å². The maximum absolute atomic E-state index is 11.6. The van der Waals surface area contributed by atoms with Gasteiger partial charge in [-0.15, -0.1) is 0 Å². The number of aliphatic hydroxyl groups is 3. The molecule has 3 N–H and O–H groups in total. The number of cyclic esters (lactones) is 1. The summed E-state index contributed by atoms with van der Waals surface area (Å²) in [6.45, 7) is 8.02. The summed E-state index contributed by atoms with van der Waals surface area (Å²) >= 11 is 0. The molecule has 0 spiro atoms. The fourth-order valence-corrected chi connectivity index (χ4v) is 3.56. The van der Waals surface area contributed by atoms with Gasteiger partial charge < -0.3 is 20.1 Å². The highest BCUT2D eigenvalue weighted by molar-refractivity contribution is 5.77. The summed E-state index contributed by atoms with van der Waals surface area (Å²) in [5.41, 5.74) is 6.15. The number of esters is 1. The fourth-order valence-electron chi connectivity index (χ4n) is 3.56. The highest BCUT2D eigenvalue weighted by atomic mass is 16.6. The van der Waals surface area contributed by atoms with E-state index in [-0.39, 0.29) is 0 Å². The van der Waals surface area contributed by atoms with Crippen LogP contribution in [0.1, 0.15) is 39.3 Å². The molecule has 1 aliphatic heterocycles. The van der Waals surface area contributed by atoms with Crippen LogP contribution in [0.5, 0.6) is 0 Å². The lowest BCUT2D eigenvalue weighted by Gasteiger charge is -2.29. The Labute approximate surface area is 159 Å². The molecule has 2 aromatic carbocycles. The molecule has 1 heterocycles. The summed E-state index contributed by atoms with van der Waals surface area (Å²) in [7, 11) is 0. The van der Waals surface area contributed by atoms with Crippen molar-refractivity contribution >= 4 is 5.97 Å². The number of hydrogen-bond acceptors (Lipinski definition) is 5. The first-order valence-corrected chi connectivity index (χ1v) is 9.09. The van der Waals surface area contributed by atoms with E-state index >= 15 is 0 Å². The first kappa shape index (κ1) is 19.5. The molecule has 144 valence electrons. The molecule has 1 fully saturated rings. The second-order valence-corrected chi connectivity index (χ2v) is 7.49. The minimum absolute atomic E-state index is 0.513. The minimum Gasteiger partial charge on any atom is -0.455 e. The quantitative estimate of drug-likeness (QED) is 0.717. The number of ether oxygens (including phenoxy) is 1. The van der Waals surface area contributed by atoms with E-state index in [0.29, 0.717) is 0 Å². The van der Waals surface area contributed by atoms with Gasteiger partial charge in [0.15, 0.2) is 12.2 Å². The topological polar surface area (TPSA) is 87.0 Å². The van der Waals surface area contributed by atoms with Crippen molar-refractivity contribution in [2.24, 2.45) is 0 Å². The molecule has 0 radical (unpaired) electrons. The summed E-state index contributed by atoms with van der Waals surface area (Å²) in [5, 5.41) is 31.0. The van der Waals surface area contributed by atoms with Crippen LogP contribution in [-0.4, -0.2) is 45.7 Å². The zero-order chi connectivity index (χ0) is 19.9. The molecule has 5 nitrogen and oxygen atoms in total. The maximum Gasteiger partial charge on any atom is 0.338 e. The molecule has 4 atom stereocenters. The van der Waals surface area contributed by atoms with Crippen LogP contribution in [0.25, 0.3) is 0 Å². The van der Waals surface area contributed by atoms with Gasteiger partial charge in [-0.2, -0.15) is 0 Å². The Bertz CT molecular complexity index is 808. The lowest BCUT2D eigenvalue weighted by molar-refractivity contribution is -0.150. The molecule has 0 bridgehead atoms. The minimum atomic E-state index is -1.63.